The number of aromatic nitrogens is 2. The number of carbonyl (C=O) groups is 1. The molecule has 0 fully saturated rings. The van der Waals surface area contributed by atoms with Gasteiger partial charge in [-0.3, -0.25) is 9.48 Å². The van der Waals surface area contributed by atoms with E-state index in [-0.39, 0.29) is 5.91 Å². The maximum absolute atomic E-state index is 12.1. The lowest BCUT2D eigenvalue weighted by Gasteiger charge is -2.08. The van der Waals surface area contributed by atoms with Gasteiger partial charge in [-0.05, 0) is 30.9 Å². The highest BCUT2D eigenvalue weighted by Crippen LogP contribution is 2.20. The minimum absolute atomic E-state index is 0.0213. The number of hydrogen-bond acceptors (Lipinski definition) is 3. The summed E-state index contributed by atoms with van der Waals surface area (Å²) < 4.78 is 1.79. The molecule has 1 N–H and O–H groups in total. The first kappa shape index (κ1) is 17.6. The Bertz CT molecular complexity index is 674. The standard InChI is InChI=1S/C18H25N3OS/c1-12(2)16-8-6-15(7-9-16)10-23-11-17(22)19-18-13(3)20-21(5)14(18)4/h6-9,12H,10-11H2,1-5H3,(H,19,22). The van der Waals surface area contributed by atoms with Gasteiger partial charge >= 0.3 is 0 Å². The fourth-order valence-corrected chi connectivity index (χ4v) is 3.18. The van der Waals surface area contributed by atoms with Crippen LogP contribution in [-0.2, 0) is 17.6 Å². The Morgan fingerprint density at radius 3 is 2.43 bits per heavy atom. The highest BCUT2D eigenvalue weighted by Gasteiger charge is 2.12. The van der Waals surface area contributed by atoms with Gasteiger partial charge in [-0.15, -0.1) is 11.8 Å². The Morgan fingerprint density at radius 2 is 1.91 bits per heavy atom. The third-order valence-electron chi connectivity index (χ3n) is 3.92. The molecule has 4 nitrogen and oxygen atoms in total. The Kier molecular flexibility index (Phi) is 5.88. The number of carbonyl (C=O) groups excluding carboxylic acids is 1. The highest BCUT2D eigenvalue weighted by atomic mass is 32.2. The molecule has 0 saturated heterocycles. The number of anilines is 1. The second kappa shape index (κ2) is 7.68. The molecule has 5 heteroatoms. The van der Waals surface area contributed by atoms with Crippen molar-refractivity contribution in [1.29, 1.82) is 0 Å². The quantitative estimate of drug-likeness (QED) is 0.869. The predicted octanol–water partition coefficient (Wildman–Crippen LogP) is 4.03. The van der Waals surface area contributed by atoms with Gasteiger partial charge in [0.15, 0.2) is 0 Å². The van der Waals surface area contributed by atoms with Crippen LogP contribution in [0, 0.1) is 13.8 Å². The van der Waals surface area contributed by atoms with E-state index in [9.17, 15) is 4.79 Å². The van der Waals surface area contributed by atoms with Crippen LogP contribution in [0.15, 0.2) is 24.3 Å². The van der Waals surface area contributed by atoms with Gasteiger partial charge in [-0.2, -0.15) is 5.10 Å². The van der Waals surface area contributed by atoms with Crippen LogP contribution in [0.25, 0.3) is 0 Å². The van der Waals surface area contributed by atoms with Crippen molar-refractivity contribution in [3.05, 3.63) is 46.8 Å². The largest absolute Gasteiger partial charge is 0.322 e. The monoisotopic (exact) mass is 331 g/mol. The van der Waals surface area contributed by atoms with Crippen LogP contribution in [0.1, 0.15) is 42.3 Å². The lowest BCUT2D eigenvalue weighted by Crippen LogP contribution is -2.15. The summed E-state index contributed by atoms with van der Waals surface area (Å²) in [4.78, 5) is 12.1. The number of amides is 1. The minimum atomic E-state index is 0.0213. The van der Waals surface area contributed by atoms with Crippen LogP contribution in [0.2, 0.25) is 0 Å². The summed E-state index contributed by atoms with van der Waals surface area (Å²) in [6.45, 7) is 8.25. The van der Waals surface area contributed by atoms with Gasteiger partial charge in [0.1, 0.15) is 0 Å². The molecule has 0 radical (unpaired) electrons. The molecule has 0 spiro atoms. The number of aryl methyl sites for hydroxylation is 2. The molecule has 2 aromatic rings. The van der Waals surface area contributed by atoms with Crippen LogP contribution < -0.4 is 5.32 Å². The molecule has 23 heavy (non-hydrogen) atoms. The second-order valence-electron chi connectivity index (χ2n) is 6.11. The first-order valence-electron chi connectivity index (χ1n) is 7.85. The fourth-order valence-electron chi connectivity index (χ4n) is 2.39. The summed E-state index contributed by atoms with van der Waals surface area (Å²) in [6, 6.07) is 8.64. The summed E-state index contributed by atoms with van der Waals surface area (Å²) in [5, 5.41) is 7.28. The third-order valence-corrected chi connectivity index (χ3v) is 4.93. The number of thioether (sulfide) groups is 1. The first-order valence-corrected chi connectivity index (χ1v) is 9.00. The lowest BCUT2D eigenvalue weighted by atomic mass is 10.0. The number of nitrogens with one attached hydrogen (secondary N) is 1. The van der Waals surface area contributed by atoms with Crippen LogP contribution in [-0.4, -0.2) is 21.4 Å². The number of nitrogens with zero attached hydrogens (tertiary/aromatic N) is 2. The van der Waals surface area contributed by atoms with Crippen LogP contribution in [0.5, 0.6) is 0 Å². The van der Waals surface area contributed by atoms with Crippen LogP contribution >= 0.6 is 11.8 Å². The zero-order valence-corrected chi connectivity index (χ0v) is 15.3. The summed E-state index contributed by atoms with van der Waals surface area (Å²) in [5.74, 6) is 1.86. The van der Waals surface area contributed by atoms with E-state index in [1.807, 2.05) is 20.9 Å². The van der Waals surface area contributed by atoms with Crippen LogP contribution in [0.3, 0.4) is 0 Å². The van der Waals surface area contributed by atoms with Gasteiger partial charge in [0.2, 0.25) is 5.91 Å². The van der Waals surface area contributed by atoms with Crippen molar-refractivity contribution in [2.45, 2.75) is 39.4 Å². The topological polar surface area (TPSA) is 46.9 Å². The lowest BCUT2D eigenvalue weighted by molar-refractivity contribution is -0.113. The fraction of sp³-hybridized carbons (Fsp3) is 0.444. The zero-order valence-electron chi connectivity index (χ0n) is 14.5. The van der Waals surface area contributed by atoms with Gasteiger partial charge in [-0.1, -0.05) is 38.1 Å². The molecule has 1 aromatic heterocycles. The maximum Gasteiger partial charge on any atom is 0.234 e. The molecule has 0 aliphatic heterocycles. The average molecular weight is 331 g/mol. The summed E-state index contributed by atoms with van der Waals surface area (Å²) in [5.41, 5.74) is 5.26. The molecule has 1 amide bonds. The van der Waals surface area contributed by atoms with E-state index < -0.39 is 0 Å². The summed E-state index contributed by atoms with van der Waals surface area (Å²) >= 11 is 1.63. The smallest absolute Gasteiger partial charge is 0.234 e. The van der Waals surface area contributed by atoms with E-state index in [1.165, 1.54) is 11.1 Å². The number of benzene rings is 1. The van der Waals surface area contributed by atoms with Gasteiger partial charge in [0, 0.05) is 12.8 Å². The van der Waals surface area contributed by atoms with Gasteiger partial charge < -0.3 is 5.32 Å². The summed E-state index contributed by atoms with van der Waals surface area (Å²) in [6.07, 6.45) is 0. The highest BCUT2D eigenvalue weighted by molar-refractivity contribution is 7.99. The molecule has 0 bridgehead atoms. The van der Waals surface area contributed by atoms with Crippen molar-refractivity contribution < 1.29 is 4.79 Å². The molecule has 0 unspecified atom stereocenters. The second-order valence-corrected chi connectivity index (χ2v) is 7.09. The Hall–Kier alpha value is -1.75. The number of rotatable bonds is 6. The predicted molar refractivity (Wildman–Crippen MR) is 98.0 cm³/mol. The Morgan fingerprint density at radius 1 is 1.26 bits per heavy atom. The normalized spacial score (nSPS) is 11.0. The molecule has 0 aliphatic carbocycles. The molecular formula is C18H25N3OS. The molecule has 124 valence electrons. The Balaban J connectivity index is 1.83. The van der Waals surface area contributed by atoms with Gasteiger partial charge in [0.25, 0.3) is 0 Å². The van der Waals surface area contributed by atoms with E-state index in [2.05, 4.69) is 48.5 Å². The van der Waals surface area contributed by atoms with Crippen molar-refractivity contribution in [1.82, 2.24) is 9.78 Å². The van der Waals surface area contributed by atoms with Gasteiger partial charge in [0.05, 0.1) is 22.8 Å². The van der Waals surface area contributed by atoms with Crippen molar-refractivity contribution >= 4 is 23.4 Å². The van der Waals surface area contributed by atoms with E-state index in [4.69, 9.17) is 0 Å². The number of hydrogen-bond donors (Lipinski definition) is 1. The molecule has 1 aromatic carbocycles. The first-order chi connectivity index (χ1) is 10.9. The SMILES string of the molecule is Cc1nn(C)c(C)c1NC(=O)CSCc1ccc(C(C)C)cc1. The van der Waals surface area contributed by atoms with Crippen molar-refractivity contribution in [3.8, 4) is 0 Å². The van der Waals surface area contributed by atoms with Crippen molar-refractivity contribution in [3.63, 3.8) is 0 Å². The molecule has 0 atom stereocenters. The van der Waals surface area contributed by atoms with Crippen LogP contribution in [0.4, 0.5) is 5.69 Å². The molecular weight excluding hydrogens is 306 g/mol. The third kappa shape index (κ3) is 4.61. The van der Waals surface area contributed by atoms with Gasteiger partial charge in [-0.25, -0.2) is 0 Å². The van der Waals surface area contributed by atoms with E-state index in [0.717, 1.165) is 22.8 Å². The maximum atomic E-state index is 12.1. The van der Waals surface area contributed by atoms with Crippen molar-refractivity contribution in [2.24, 2.45) is 7.05 Å². The summed E-state index contributed by atoms with van der Waals surface area (Å²) in [7, 11) is 1.88. The average Bonchev–Trinajstić information content (AvgIpc) is 2.74. The van der Waals surface area contributed by atoms with Crippen molar-refractivity contribution in [2.75, 3.05) is 11.1 Å². The Labute approximate surface area is 142 Å². The molecule has 0 saturated carbocycles. The van der Waals surface area contributed by atoms with E-state index in [0.29, 0.717) is 11.7 Å². The van der Waals surface area contributed by atoms with E-state index in [1.54, 1.807) is 16.4 Å². The zero-order chi connectivity index (χ0) is 17.0. The van der Waals surface area contributed by atoms with E-state index >= 15 is 0 Å². The minimum Gasteiger partial charge on any atom is -0.322 e. The molecule has 0 aliphatic rings. The molecule has 2 rings (SSSR count). The molecule has 1 heterocycles.